The number of carbonyl (C=O) groups is 1. The second-order valence-electron chi connectivity index (χ2n) is 7.69. The number of alkyl halides is 1. The van der Waals surface area contributed by atoms with Gasteiger partial charge in [0.15, 0.2) is 5.17 Å². The maximum Gasteiger partial charge on any atom is 0.233 e. The minimum Gasteiger partial charge on any atom is -0.496 e. The molecule has 1 amide bonds. The van der Waals surface area contributed by atoms with Gasteiger partial charge in [0.25, 0.3) is 0 Å². The number of aryl methyl sites for hydroxylation is 1. The lowest BCUT2D eigenvalue weighted by atomic mass is 9.93. The number of benzene rings is 2. The maximum absolute atomic E-state index is 13.4. The molecule has 0 saturated carbocycles. The number of thioether (sulfide) groups is 1. The normalized spacial score (nSPS) is 12.4. The van der Waals surface area contributed by atoms with Crippen molar-refractivity contribution in [3.8, 4) is 16.9 Å². The molecule has 3 aromatic rings. The van der Waals surface area contributed by atoms with E-state index in [0.717, 1.165) is 29.5 Å². The lowest BCUT2D eigenvalue weighted by Gasteiger charge is -2.17. The summed E-state index contributed by atoms with van der Waals surface area (Å²) >= 11 is 7.15. The van der Waals surface area contributed by atoms with E-state index in [9.17, 15) is 9.18 Å². The lowest BCUT2D eigenvalue weighted by Crippen LogP contribution is -2.33. The number of carbonyl (C=O) groups excluding carboxylic acids is 1. The smallest absolute Gasteiger partial charge is 0.233 e. The van der Waals surface area contributed by atoms with E-state index in [1.165, 1.54) is 23.9 Å². The van der Waals surface area contributed by atoms with Crippen LogP contribution >= 0.6 is 23.4 Å². The number of hydrogen-bond donors (Lipinski definition) is 1. The van der Waals surface area contributed by atoms with Gasteiger partial charge >= 0.3 is 0 Å². The third-order valence-electron chi connectivity index (χ3n) is 5.32. The number of aliphatic imine (C=N–C) groups is 1. The van der Waals surface area contributed by atoms with Gasteiger partial charge in [0.1, 0.15) is 11.6 Å². The van der Waals surface area contributed by atoms with Crippen LogP contribution in [-0.2, 0) is 11.8 Å². The molecule has 0 aliphatic carbocycles. The molecule has 1 N–H and O–H groups in total. The van der Waals surface area contributed by atoms with E-state index in [1.807, 2.05) is 37.7 Å². The fraction of sp³-hybridized carbons (Fsp3) is 0.320. The number of ether oxygens (including phenoxy) is 1. The molecule has 0 aliphatic heterocycles. The average Bonchev–Trinajstić information content (AvgIpc) is 3.28. The molecule has 0 spiro atoms. The number of rotatable bonds is 9. The Hall–Kier alpha value is -2.84. The summed E-state index contributed by atoms with van der Waals surface area (Å²) < 4.78 is 20.7. The number of amides is 1. The van der Waals surface area contributed by atoms with Gasteiger partial charge in [0, 0.05) is 36.3 Å². The number of halogens is 2. The molecule has 1 unspecified atom stereocenters. The first-order valence-electron chi connectivity index (χ1n) is 10.9. The number of unbranched alkanes of at least 4 members (excludes halogenated alkanes) is 1. The predicted molar refractivity (Wildman–Crippen MR) is 138 cm³/mol. The molecule has 3 rings (SSSR count). The van der Waals surface area contributed by atoms with Gasteiger partial charge in [-0.1, -0.05) is 30.3 Å². The van der Waals surface area contributed by atoms with Crippen molar-refractivity contribution in [2.45, 2.75) is 25.2 Å². The van der Waals surface area contributed by atoms with Gasteiger partial charge in [-0.2, -0.15) is 5.10 Å². The molecule has 0 radical (unpaired) electrons. The van der Waals surface area contributed by atoms with Crippen molar-refractivity contribution in [1.82, 2.24) is 15.1 Å². The highest BCUT2D eigenvalue weighted by atomic mass is 35.5. The van der Waals surface area contributed by atoms with Gasteiger partial charge in [-0.05, 0) is 48.9 Å². The van der Waals surface area contributed by atoms with Crippen molar-refractivity contribution in [3.05, 3.63) is 66.2 Å². The van der Waals surface area contributed by atoms with E-state index in [2.05, 4.69) is 15.4 Å². The van der Waals surface area contributed by atoms with Crippen LogP contribution in [0.1, 0.15) is 30.7 Å². The van der Waals surface area contributed by atoms with E-state index in [0.29, 0.717) is 28.9 Å². The van der Waals surface area contributed by atoms with Crippen molar-refractivity contribution in [2.75, 3.05) is 19.2 Å². The first kappa shape index (κ1) is 25.8. The molecular formula is C25H28ClFN4O2S. The molecule has 0 bridgehead atoms. The summed E-state index contributed by atoms with van der Waals surface area (Å²) in [5.74, 6) is 0.244. The molecule has 1 heterocycles. The van der Waals surface area contributed by atoms with Crippen molar-refractivity contribution in [1.29, 1.82) is 0 Å². The highest BCUT2D eigenvalue weighted by molar-refractivity contribution is 8.13. The first-order chi connectivity index (χ1) is 16.4. The summed E-state index contributed by atoms with van der Waals surface area (Å²) in [7, 11) is 3.46. The molecule has 1 aromatic heterocycles. The topological polar surface area (TPSA) is 68.5 Å². The predicted octanol–water partition coefficient (Wildman–Crippen LogP) is 5.89. The van der Waals surface area contributed by atoms with E-state index in [4.69, 9.17) is 16.3 Å². The van der Waals surface area contributed by atoms with Crippen LogP contribution in [0.5, 0.6) is 5.75 Å². The zero-order valence-corrected chi connectivity index (χ0v) is 21.0. The summed E-state index contributed by atoms with van der Waals surface area (Å²) in [6.45, 7) is 0. The van der Waals surface area contributed by atoms with E-state index < -0.39 is 5.92 Å². The van der Waals surface area contributed by atoms with Gasteiger partial charge < -0.3 is 10.1 Å². The number of nitrogens with zero attached hydrogens (tertiary/aromatic N) is 3. The second kappa shape index (κ2) is 12.6. The number of methoxy groups -OCH3 is 1. The molecule has 6 nitrogen and oxygen atoms in total. The Kier molecular flexibility index (Phi) is 9.53. The Morgan fingerprint density at radius 2 is 2.03 bits per heavy atom. The summed E-state index contributed by atoms with van der Waals surface area (Å²) in [6.07, 6.45) is 7.74. The molecule has 0 aliphatic rings. The summed E-state index contributed by atoms with van der Waals surface area (Å²) in [5.41, 5.74) is 3.25. The molecule has 1 atom stereocenters. The minimum absolute atomic E-state index is 0.187. The number of hydrogen-bond acceptors (Lipinski definition) is 5. The highest BCUT2D eigenvalue weighted by Crippen LogP contribution is 2.33. The SMILES string of the molecule is COc1cc(N=C(NC(=O)C(CCCCCl)c2ccc(F)cc2)SC)ccc1-c1cnn(C)c1. The quantitative estimate of drug-likeness (QED) is 0.171. The molecule has 0 fully saturated rings. The summed E-state index contributed by atoms with van der Waals surface area (Å²) in [6, 6.07) is 11.7. The number of aromatic nitrogens is 2. The molecule has 34 heavy (non-hydrogen) atoms. The van der Waals surface area contributed by atoms with E-state index in [1.54, 1.807) is 30.1 Å². The second-order valence-corrected chi connectivity index (χ2v) is 8.86. The van der Waals surface area contributed by atoms with Crippen molar-refractivity contribution in [2.24, 2.45) is 12.0 Å². The van der Waals surface area contributed by atoms with Crippen LogP contribution in [0.4, 0.5) is 10.1 Å². The monoisotopic (exact) mass is 502 g/mol. The van der Waals surface area contributed by atoms with Gasteiger partial charge in [-0.25, -0.2) is 9.38 Å². The molecule has 0 saturated heterocycles. The highest BCUT2D eigenvalue weighted by Gasteiger charge is 2.22. The van der Waals surface area contributed by atoms with Crippen LogP contribution in [0.2, 0.25) is 0 Å². The van der Waals surface area contributed by atoms with Crippen LogP contribution in [0.25, 0.3) is 11.1 Å². The Morgan fingerprint density at radius 3 is 2.65 bits per heavy atom. The molecular weight excluding hydrogens is 475 g/mol. The third-order valence-corrected chi connectivity index (χ3v) is 6.17. The molecule has 2 aromatic carbocycles. The van der Waals surface area contributed by atoms with Crippen LogP contribution < -0.4 is 10.1 Å². The fourth-order valence-corrected chi connectivity index (χ4v) is 4.16. The number of amidine groups is 1. The van der Waals surface area contributed by atoms with Gasteiger partial charge in [0.2, 0.25) is 5.91 Å². The van der Waals surface area contributed by atoms with E-state index in [-0.39, 0.29) is 11.7 Å². The average molecular weight is 503 g/mol. The van der Waals surface area contributed by atoms with Crippen LogP contribution in [0, 0.1) is 5.82 Å². The fourth-order valence-electron chi connectivity index (χ4n) is 3.57. The largest absolute Gasteiger partial charge is 0.496 e. The van der Waals surface area contributed by atoms with Crippen LogP contribution in [0.3, 0.4) is 0 Å². The standard InChI is InChI=1S/C25H28ClFN4O2S/c1-31-16-18(15-28-31)21-12-11-20(14-23(21)33-2)29-25(34-3)30-24(32)22(6-4-5-13-26)17-7-9-19(27)10-8-17/h7-12,14-16,22H,4-6,13H2,1-3H3,(H,29,30,32). The van der Waals surface area contributed by atoms with Gasteiger partial charge in [-0.15, -0.1) is 11.6 Å². The Morgan fingerprint density at radius 1 is 1.26 bits per heavy atom. The molecule has 180 valence electrons. The molecule has 9 heteroatoms. The summed E-state index contributed by atoms with van der Waals surface area (Å²) in [5, 5.41) is 7.61. The Labute approximate surface area is 208 Å². The van der Waals surface area contributed by atoms with Crippen LogP contribution in [0.15, 0.2) is 59.9 Å². The lowest BCUT2D eigenvalue weighted by molar-refractivity contribution is -0.121. The van der Waals surface area contributed by atoms with Crippen molar-refractivity contribution in [3.63, 3.8) is 0 Å². The first-order valence-corrected chi connectivity index (χ1v) is 12.6. The number of nitrogens with one attached hydrogen (secondary N) is 1. The zero-order valence-electron chi connectivity index (χ0n) is 19.4. The maximum atomic E-state index is 13.4. The van der Waals surface area contributed by atoms with Gasteiger partial charge in [-0.3, -0.25) is 9.48 Å². The minimum atomic E-state index is -0.427. The van der Waals surface area contributed by atoms with Crippen molar-refractivity contribution >= 4 is 40.1 Å². The van der Waals surface area contributed by atoms with Gasteiger partial charge in [0.05, 0.1) is 24.9 Å². The van der Waals surface area contributed by atoms with E-state index >= 15 is 0 Å². The third kappa shape index (κ3) is 6.84. The summed E-state index contributed by atoms with van der Waals surface area (Å²) in [4.78, 5) is 17.8. The Balaban J connectivity index is 1.81. The van der Waals surface area contributed by atoms with Crippen LogP contribution in [-0.4, -0.2) is 40.1 Å². The zero-order chi connectivity index (χ0) is 24.5. The Bertz CT molecular complexity index is 1130. The van der Waals surface area contributed by atoms with Crippen molar-refractivity contribution < 1.29 is 13.9 Å².